The lowest BCUT2D eigenvalue weighted by atomic mass is 10.2. The van der Waals surface area contributed by atoms with Crippen LogP contribution < -0.4 is 14.9 Å². The van der Waals surface area contributed by atoms with E-state index < -0.39 is 0 Å². The van der Waals surface area contributed by atoms with Crippen molar-refractivity contribution in [2.45, 2.75) is 6.61 Å². The van der Waals surface area contributed by atoms with E-state index in [9.17, 15) is 4.79 Å². The van der Waals surface area contributed by atoms with Crippen LogP contribution in [0.25, 0.3) is 0 Å². The molecule has 1 N–H and O–H groups in total. The second-order valence-electron chi connectivity index (χ2n) is 6.03. The summed E-state index contributed by atoms with van der Waals surface area (Å²) in [6.07, 6.45) is 1.57. The van der Waals surface area contributed by atoms with Crippen molar-refractivity contribution < 1.29 is 14.3 Å². The highest BCUT2D eigenvalue weighted by molar-refractivity contribution is 14.1. The Balaban J connectivity index is 1.66. The summed E-state index contributed by atoms with van der Waals surface area (Å²) in [5.41, 5.74) is 4.91. The number of nitrogens with zero attached hydrogens (tertiary/aromatic N) is 1. The summed E-state index contributed by atoms with van der Waals surface area (Å²) in [5, 5.41) is 4.04. The number of hydrogen-bond donors (Lipinski definition) is 1. The predicted octanol–water partition coefficient (Wildman–Crippen LogP) is 5.41. The standard InChI is InChI=1S/C22H18BrIN2O3/c1-28-20-10-7-16(11-21(20)29-14-15-5-8-18(23)9-6-15)13-25-26-22(27)17-3-2-4-19(24)12-17/h2-13H,14H2,1H3,(H,26,27)/b25-13-. The molecule has 0 saturated heterocycles. The summed E-state index contributed by atoms with van der Waals surface area (Å²) in [6, 6.07) is 20.7. The van der Waals surface area contributed by atoms with Gasteiger partial charge in [0, 0.05) is 13.6 Å². The Morgan fingerprint density at radius 3 is 2.62 bits per heavy atom. The largest absolute Gasteiger partial charge is 0.493 e. The van der Waals surface area contributed by atoms with E-state index in [4.69, 9.17) is 9.47 Å². The number of ether oxygens (including phenoxy) is 2. The van der Waals surface area contributed by atoms with E-state index in [2.05, 4.69) is 49.0 Å². The number of hydrazone groups is 1. The van der Waals surface area contributed by atoms with Crippen molar-refractivity contribution in [1.29, 1.82) is 0 Å². The molecule has 3 aromatic carbocycles. The van der Waals surface area contributed by atoms with Crippen molar-refractivity contribution in [3.8, 4) is 11.5 Å². The van der Waals surface area contributed by atoms with Crippen LogP contribution in [0.4, 0.5) is 0 Å². The summed E-state index contributed by atoms with van der Waals surface area (Å²) in [6.45, 7) is 0.410. The number of rotatable bonds is 7. The van der Waals surface area contributed by atoms with Gasteiger partial charge in [0.15, 0.2) is 11.5 Å². The maximum absolute atomic E-state index is 12.2. The molecular formula is C22H18BrIN2O3. The number of carbonyl (C=O) groups excluding carboxylic acids is 1. The van der Waals surface area contributed by atoms with Crippen LogP contribution in [0.15, 0.2) is 76.3 Å². The van der Waals surface area contributed by atoms with Crippen LogP contribution in [-0.4, -0.2) is 19.2 Å². The quantitative estimate of drug-likeness (QED) is 0.237. The molecule has 0 aliphatic heterocycles. The molecule has 0 unspecified atom stereocenters. The molecule has 0 fully saturated rings. The lowest BCUT2D eigenvalue weighted by Gasteiger charge is -2.11. The molecule has 0 radical (unpaired) electrons. The van der Waals surface area contributed by atoms with E-state index in [1.54, 1.807) is 31.5 Å². The maximum atomic E-state index is 12.2. The number of carbonyl (C=O) groups is 1. The molecule has 0 aliphatic rings. The van der Waals surface area contributed by atoms with Gasteiger partial charge in [-0.3, -0.25) is 4.79 Å². The summed E-state index contributed by atoms with van der Waals surface area (Å²) >= 11 is 5.58. The topological polar surface area (TPSA) is 59.9 Å². The Morgan fingerprint density at radius 1 is 1.10 bits per heavy atom. The summed E-state index contributed by atoms with van der Waals surface area (Å²) in [5.74, 6) is 0.963. The summed E-state index contributed by atoms with van der Waals surface area (Å²) < 4.78 is 13.3. The summed E-state index contributed by atoms with van der Waals surface area (Å²) in [7, 11) is 1.59. The van der Waals surface area contributed by atoms with Gasteiger partial charge in [0.1, 0.15) is 6.61 Å². The average Bonchev–Trinajstić information content (AvgIpc) is 2.73. The SMILES string of the molecule is COc1ccc(/C=N\NC(=O)c2cccc(I)c2)cc1OCc1ccc(Br)cc1. The number of hydrogen-bond acceptors (Lipinski definition) is 4. The normalized spacial score (nSPS) is 10.7. The van der Waals surface area contributed by atoms with Gasteiger partial charge >= 0.3 is 0 Å². The minimum Gasteiger partial charge on any atom is -0.493 e. The molecule has 5 nitrogen and oxygen atoms in total. The zero-order valence-corrected chi connectivity index (χ0v) is 19.3. The first kappa shape index (κ1) is 21.3. The molecule has 0 aliphatic carbocycles. The molecule has 0 saturated carbocycles. The minimum absolute atomic E-state index is 0.264. The highest BCUT2D eigenvalue weighted by atomic mass is 127. The fourth-order valence-corrected chi connectivity index (χ4v) is 3.30. The fraction of sp³-hybridized carbons (Fsp3) is 0.0909. The van der Waals surface area contributed by atoms with Gasteiger partial charge in [0.25, 0.3) is 5.91 Å². The van der Waals surface area contributed by atoms with Gasteiger partial charge in [-0.15, -0.1) is 0 Å². The third kappa shape index (κ3) is 6.30. The second-order valence-corrected chi connectivity index (χ2v) is 8.20. The number of nitrogens with one attached hydrogen (secondary N) is 1. The maximum Gasteiger partial charge on any atom is 0.271 e. The molecule has 7 heteroatoms. The van der Waals surface area contributed by atoms with Crippen molar-refractivity contribution in [3.05, 3.63) is 91.5 Å². The van der Waals surface area contributed by atoms with Gasteiger partial charge in [0.05, 0.1) is 13.3 Å². The van der Waals surface area contributed by atoms with E-state index in [0.717, 1.165) is 19.2 Å². The molecule has 0 heterocycles. The van der Waals surface area contributed by atoms with Crippen LogP contribution >= 0.6 is 38.5 Å². The number of halogens is 2. The van der Waals surface area contributed by atoms with Gasteiger partial charge in [-0.25, -0.2) is 5.43 Å². The Kier molecular flexibility index (Phi) is 7.65. The van der Waals surface area contributed by atoms with Gasteiger partial charge in [-0.2, -0.15) is 5.10 Å². The lowest BCUT2D eigenvalue weighted by molar-refractivity contribution is 0.0955. The first-order valence-corrected chi connectivity index (χ1v) is 10.6. The molecule has 29 heavy (non-hydrogen) atoms. The number of benzene rings is 3. The number of methoxy groups -OCH3 is 1. The molecule has 3 aromatic rings. The lowest BCUT2D eigenvalue weighted by Crippen LogP contribution is -2.17. The van der Waals surface area contributed by atoms with Crippen LogP contribution in [0.1, 0.15) is 21.5 Å². The van der Waals surface area contributed by atoms with Crippen LogP contribution in [-0.2, 0) is 6.61 Å². The Bertz CT molecular complexity index is 1020. The Morgan fingerprint density at radius 2 is 1.90 bits per heavy atom. The number of amides is 1. The van der Waals surface area contributed by atoms with Crippen LogP contribution in [0.3, 0.4) is 0 Å². The van der Waals surface area contributed by atoms with E-state index >= 15 is 0 Å². The van der Waals surface area contributed by atoms with E-state index in [0.29, 0.717) is 23.7 Å². The third-order valence-electron chi connectivity index (χ3n) is 3.96. The first-order valence-electron chi connectivity index (χ1n) is 8.69. The van der Waals surface area contributed by atoms with Gasteiger partial charge in [-0.05, 0) is 82.2 Å². The minimum atomic E-state index is -0.264. The van der Waals surface area contributed by atoms with Crippen molar-refractivity contribution in [3.63, 3.8) is 0 Å². The van der Waals surface area contributed by atoms with Crippen molar-refractivity contribution in [2.24, 2.45) is 5.10 Å². The molecular weight excluding hydrogens is 547 g/mol. The molecule has 0 bridgehead atoms. The van der Waals surface area contributed by atoms with Crippen molar-refractivity contribution >= 4 is 50.6 Å². The van der Waals surface area contributed by atoms with Crippen LogP contribution in [0, 0.1) is 3.57 Å². The monoisotopic (exact) mass is 564 g/mol. The zero-order valence-electron chi connectivity index (χ0n) is 15.6. The molecule has 0 aromatic heterocycles. The van der Waals surface area contributed by atoms with Gasteiger partial charge in [0.2, 0.25) is 0 Å². The fourth-order valence-electron chi connectivity index (χ4n) is 2.49. The molecule has 1 amide bonds. The smallest absolute Gasteiger partial charge is 0.271 e. The Hall–Kier alpha value is -2.39. The van der Waals surface area contributed by atoms with Crippen LogP contribution in [0.5, 0.6) is 11.5 Å². The zero-order chi connectivity index (χ0) is 20.6. The van der Waals surface area contributed by atoms with E-state index in [1.165, 1.54) is 0 Å². The van der Waals surface area contributed by atoms with Crippen molar-refractivity contribution in [1.82, 2.24) is 5.43 Å². The average molecular weight is 565 g/mol. The highest BCUT2D eigenvalue weighted by Gasteiger charge is 2.07. The molecule has 148 valence electrons. The van der Waals surface area contributed by atoms with Gasteiger partial charge < -0.3 is 9.47 Å². The third-order valence-corrected chi connectivity index (χ3v) is 5.16. The Labute approximate surface area is 191 Å². The van der Waals surface area contributed by atoms with E-state index in [1.807, 2.05) is 48.5 Å². The van der Waals surface area contributed by atoms with Crippen LogP contribution in [0.2, 0.25) is 0 Å². The van der Waals surface area contributed by atoms with Crippen molar-refractivity contribution in [2.75, 3.05) is 7.11 Å². The molecule has 0 atom stereocenters. The van der Waals surface area contributed by atoms with E-state index in [-0.39, 0.29) is 5.91 Å². The molecule has 3 rings (SSSR count). The predicted molar refractivity (Wildman–Crippen MR) is 126 cm³/mol. The van der Waals surface area contributed by atoms with Gasteiger partial charge in [-0.1, -0.05) is 34.1 Å². The first-order chi connectivity index (χ1) is 14.0. The highest BCUT2D eigenvalue weighted by Crippen LogP contribution is 2.28. The second kappa shape index (κ2) is 10.4. The molecule has 0 spiro atoms. The summed E-state index contributed by atoms with van der Waals surface area (Å²) in [4.78, 5) is 12.2.